The number of nitrogens with zero attached hydrogens (tertiary/aromatic N) is 2. The van der Waals surface area contributed by atoms with Crippen molar-refractivity contribution >= 4 is 39.7 Å². The molecule has 3 aromatic heterocycles. The molecule has 1 aliphatic heterocycles. The number of urea groups is 1. The van der Waals surface area contributed by atoms with E-state index in [4.69, 9.17) is 4.74 Å². The number of ether oxygens (including phenoxy) is 1. The summed E-state index contributed by atoms with van der Waals surface area (Å²) in [5.74, 6) is -0.352. The van der Waals surface area contributed by atoms with E-state index in [2.05, 4.69) is 39.4 Å². The van der Waals surface area contributed by atoms with Crippen molar-refractivity contribution in [1.29, 1.82) is 0 Å². The summed E-state index contributed by atoms with van der Waals surface area (Å²) in [5.41, 5.74) is 3.54. The van der Waals surface area contributed by atoms with Gasteiger partial charge in [-0.3, -0.25) is 10.2 Å². The van der Waals surface area contributed by atoms with Gasteiger partial charge in [0, 0.05) is 47.3 Å². The molecule has 2 aliphatic rings. The number of amides is 2. The van der Waals surface area contributed by atoms with Crippen molar-refractivity contribution in [3.05, 3.63) is 56.5 Å². The lowest BCUT2D eigenvalue weighted by atomic mass is 10.0. The molecular formula is C29H38N4O3S2. The van der Waals surface area contributed by atoms with Crippen molar-refractivity contribution in [3.63, 3.8) is 0 Å². The average molecular weight is 555 g/mol. The van der Waals surface area contributed by atoms with E-state index in [0.29, 0.717) is 17.1 Å². The SMILES string of the molecule is CCN1CCc2c(sc(-n3cccc3)c2CNC(=O)Nc2sc3c(c2C(=O)OC(C)(C)C)CCCCC3)C1. The second-order valence-electron chi connectivity index (χ2n) is 11.1. The first-order chi connectivity index (χ1) is 18.2. The first-order valence-electron chi connectivity index (χ1n) is 13.7. The van der Waals surface area contributed by atoms with Gasteiger partial charge in [0.05, 0.1) is 5.56 Å². The molecule has 0 saturated carbocycles. The lowest BCUT2D eigenvalue weighted by Crippen LogP contribution is -2.32. The summed E-state index contributed by atoms with van der Waals surface area (Å²) in [5, 5.41) is 7.89. The number of fused-ring (bicyclic) bond motifs is 2. The fraction of sp³-hybridized carbons (Fsp3) is 0.517. The van der Waals surface area contributed by atoms with E-state index in [-0.39, 0.29) is 12.0 Å². The molecule has 7 nitrogen and oxygen atoms in total. The number of thiophene rings is 2. The number of aryl methyl sites for hydroxylation is 1. The zero-order chi connectivity index (χ0) is 26.9. The maximum Gasteiger partial charge on any atom is 0.341 e. The van der Waals surface area contributed by atoms with Gasteiger partial charge in [0.2, 0.25) is 0 Å². The Balaban J connectivity index is 1.37. The quantitative estimate of drug-likeness (QED) is 0.269. The zero-order valence-corrected chi connectivity index (χ0v) is 24.4. The highest BCUT2D eigenvalue weighted by Crippen LogP contribution is 2.39. The molecule has 3 aromatic rings. The Hall–Kier alpha value is -2.62. The highest BCUT2D eigenvalue weighted by Gasteiger charge is 2.30. The van der Waals surface area contributed by atoms with Crippen molar-refractivity contribution in [2.45, 2.75) is 84.9 Å². The van der Waals surface area contributed by atoms with E-state index in [9.17, 15) is 9.59 Å². The van der Waals surface area contributed by atoms with Crippen LogP contribution in [0.5, 0.6) is 0 Å². The second-order valence-corrected chi connectivity index (χ2v) is 13.3. The third-order valence-corrected chi connectivity index (χ3v) is 9.67. The third kappa shape index (κ3) is 5.84. The Bertz CT molecular complexity index is 1300. The van der Waals surface area contributed by atoms with E-state index >= 15 is 0 Å². The average Bonchev–Trinajstić information content (AvgIpc) is 3.55. The largest absolute Gasteiger partial charge is 0.456 e. The van der Waals surface area contributed by atoms with E-state index in [1.165, 1.54) is 32.2 Å². The number of hydrogen-bond donors (Lipinski definition) is 2. The van der Waals surface area contributed by atoms with Gasteiger partial charge in [0.1, 0.15) is 15.6 Å². The standard InChI is InChI=1S/C29H38N4O3S2/c1-5-32-16-13-19-21(26(38-23(19)18-32)33-14-9-10-15-33)17-30-28(35)31-25-24(27(34)36-29(2,3)4)20-11-7-6-8-12-22(20)37-25/h9-10,14-15H,5-8,11-13,16-18H2,1-4H3,(H2,30,31,35). The number of anilines is 1. The number of carbonyl (C=O) groups excluding carboxylic acids is 2. The number of hydrogen-bond acceptors (Lipinski definition) is 6. The molecule has 0 spiro atoms. The minimum atomic E-state index is -0.601. The first-order valence-corrected chi connectivity index (χ1v) is 15.3. The first kappa shape index (κ1) is 27.0. The minimum Gasteiger partial charge on any atom is -0.456 e. The summed E-state index contributed by atoms with van der Waals surface area (Å²) in [4.78, 5) is 31.5. The van der Waals surface area contributed by atoms with E-state index < -0.39 is 5.60 Å². The number of aromatic nitrogens is 1. The fourth-order valence-electron chi connectivity index (χ4n) is 5.33. The summed E-state index contributed by atoms with van der Waals surface area (Å²) < 4.78 is 7.90. The van der Waals surface area contributed by atoms with Gasteiger partial charge in [-0.2, -0.15) is 0 Å². The van der Waals surface area contributed by atoms with Crippen LogP contribution in [0.25, 0.3) is 5.00 Å². The molecule has 5 rings (SSSR count). The molecule has 4 heterocycles. The van der Waals surface area contributed by atoms with Crippen LogP contribution in [0.1, 0.15) is 83.8 Å². The summed E-state index contributed by atoms with van der Waals surface area (Å²) in [6.07, 6.45) is 10.2. The van der Waals surface area contributed by atoms with Gasteiger partial charge < -0.3 is 14.6 Å². The number of esters is 1. The summed E-state index contributed by atoms with van der Waals surface area (Å²) in [6.45, 7) is 11.3. The Morgan fingerprint density at radius 1 is 1.00 bits per heavy atom. The van der Waals surface area contributed by atoms with Crippen molar-refractivity contribution in [1.82, 2.24) is 14.8 Å². The zero-order valence-electron chi connectivity index (χ0n) is 22.8. The summed E-state index contributed by atoms with van der Waals surface area (Å²) >= 11 is 3.34. The highest BCUT2D eigenvalue weighted by atomic mass is 32.1. The third-order valence-electron chi connectivity index (χ3n) is 7.19. The van der Waals surface area contributed by atoms with Crippen molar-refractivity contribution < 1.29 is 14.3 Å². The van der Waals surface area contributed by atoms with Crippen LogP contribution in [-0.4, -0.2) is 40.2 Å². The molecule has 0 saturated heterocycles. The van der Waals surface area contributed by atoms with Crippen molar-refractivity contribution in [2.24, 2.45) is 0 Å². The predicted molar refractivity (Wildman–Crippen MR) is 155 cm³/mol. The minimum absolute atomic E-state index is 0.296. The second kappa shape index (κ2) is 11.2. The van der Waals surface area contributed by atoms with Crippen LogP contribution in [-0.2, 0) is 37.1 Å². The van der Waals surface area contributed by atoms with Crippen LogP contribution in [0.15, 0.2) is 24.5 Å². The van der Waals surface area contributed by atoms with Crippen LogP contribution in [0.3, 0.4) is 0 Å². The van der Waals surface area contributed by atoms with Crippen molar-refractivity contribution in [3.8, 4) is 5.00 Å². The Kier molecular flexibility index (Phi) is 7.98. The predicted octanol–water partition coefficient (Wildman–Crippen LogP) is 6.52. The fourth-order valence-corrected chi connectivity index (χ4v) is 7.98. The van der Waals surface area contributed by atoms with Crippen LogP contribution in [0.2, 0.25) is 0 Å². The van der Waals surface area contributed by atoms with Gasteiger partial charge in [-0.25, -0.2) is 9.59 Å². The summed E-state index contributed by atoms with van der Waals surface area (Å²) in [6, 6.07) is 3.76. The molecule has 2 N–H and O–H groups in total. The number of rotatable bonds is 6. The monoisotopic (exact) mass is 554 g/mol. The molecule has 2 amide bonds. The Morgan fingerprint density at radius 3 is 2.50 bits per heavy atom. The van der Waals surface area contributed by atoms with Gasteiger partial charge in [-0.05, 0) is 82.7 Å². The van der Waals surface area contributed by atoms with E-state index in [1.807, 2.05) is 44.2 Å². The van der Waals surface area contributed by atoms with Gasteiger partial charge in [0.15, 0.2) is 0 Å². The summed E-state index contributed by atoms with van der Waals surface area (Å²) in [7, 11) is 0. The normalized spacial score (nSPS) is 15.9. The highest BCUT2D eigenvalue weighted by molar-refractivity contribution is 7.17. The molecule has 1 aliphatic carbocycles. The number of likely N-dealkylation sites (N-methyl/N-ethyl adjacent to an activating group) is 1. The molecule has 0 radical (unpaired) electrons. The Morgan fingerprint density at radius 2 is 1.76 bits per heavy atom. The van der Waals surface area contributed by atoms with Crippen LogP contribution in [0, 0.1) is 0 Å². The van der Waals surface area contributed by atoms with Gasteiger partial charge >= 0.3 is 12.0 Å². The maximum absolute atomic E-state index is 13.2. The van der Waals surface area contributed by atoms with Gasteiger partial charge in [-0.1, -0.05) is 13.3 Å². The lowest BCUT2D eigenvalue weighted by Gasteiger charge is -2.25. The molecule has 0 bridgehead atoms. The topological polar surface area (TPSA) is 75.6 Å². The van der Waals surface area contributed by atoms with Crippen LogP contribution in [0.4, 0.5) is 9.80 Å². The lowest BCUT2D eigenvalue weighted by molar-refractivity contribution is 0.00700. The van der Waals surface area contributed by atoms with E-state index in [1.54, 1.807) is 0 Å². The molecule has 38 heavy (non-hydrogen) atoms. The van der Waals surface area contributed by atoms with Crippen LogP contribution < -0.4 is 10.6 Å². The van der Waals surface area contributed by atoms with Crippen LogP contribution >= 0.6 is 22.7 Å². The molecule has 9 heteroatoms. The maximum atomic E-state index is 13.2. The van der Waals surface area contributed by atoms with Crippen molar-refractivity contribution in [2.75, 3.05) is 18.4 Å². The molecule has 0 unspecified atom stereocenters. The van der Waals surface area contributed by atoms with Gasteiger partial charge in [-0.15, -0.1) is 22.7 Å². The van der Waals surface area contributed by atoms with Gasteiger partial charge in [0.25, 0.3) is 0 Å². The smallest absolute Gasteiger partial charge is 0.341 e. The molecular weight excluding hydrogens is 516 g/mol. The number of nitrogens with one attached hydrogen (secondary N) is 2. The molecule has 0 fully saturated rings. The Labute approximate surface area is 233 Å². The van der Waals surface area contributed by atoms with E-state index in [0.717, 1.165) is 68.7 Å². The molecule has 0 atom stereocenters. The molecule has 204 valence electrons. The molecule has 0 aromatic carbocycles. The number of carbonyl (C=O) groups is 2.